The number of rotatable bonds is 10. The molecule has 3 aliphatic heterocycles. The van der Waals surface area contributed by atoms with Crippen molar-refractivity contribution in [2.75, 3.05) is 43.5 Å². The first kappa shape index (κ1) is 35.6. The maximum absolute atomic E-state index is 15.8. The summed E-state index contributed by atoms with van der Waals surface area (Å²) in [5.41, 5.74) is 2.91. The second-order valence-corrected chi connectivity index (χ2v) is 14.6. The van der Waals surface area contributed by atoms with Crippen LogP contribution >= 0.6 is 0 Å². The van der Waals surface area contributed by atoms with Crippen molar-refractivity contribution in [2.24, 2.45) is 18.9 Å². The number of benzene rings is 2. The number of nitrogens with one attached hydrogen (secondary N) is 2. The molecule has 1 atom stereocenters. The van der Waals surface area contributed by atoms with E-state index in [4.69, 9.17) is 4.74 Å². The number of hydrogen-bond acceptors (Lipinski definition) is 8. The van der Waals surface area contributed by atoms with Gasteiger partial charge < -0.3 is 19.5 Å². The Bertz CT molecular complexity index is 2020. The molecule has 52 heavy (non-hydrogen) atoms. The van der Waals surface area contributed by atoms with Crippen LogP contribution in [0.4, 0.5) is 20.2 Å². The molecular formula is C40H46F2N6O4. The van der Waals surface area contributed by atoms with Crippen molar-refractivity contribution in [1.29, 1.82) is 0 Å². The van der Waals surface area contributed by atoms with Crippen LogP contribution in [-0.4, -0.2) is 65.6 Å². The first-order valence-corrected chi connectivity index (χ1v) is 18.3. The van der Waals surface area contributed by atoms with Crippen molar-refractivity contribution in [3.05, 3.63) is 82.5 Å². The molecule has 2 aromatic carbocycles. The molecule has 3 saturated heterocycles. The number of ether oxygens (including phenoxy) is 1. The number of halogens is 2. The Labute approximate surface area is 302 Å². The standard InChI is InChI=1S/C40H46F2N6O4/c1-46-23-31(29-9-14-43-22-30(29)40(46)51)27-19-33(41)32(37(20-27)52-2)24-47-15-10-25(11-16-47)3-4-26-12-17-48(18-13-26)36-7-5-28(21-34(36)42)44-35-6-8-38(49)45-39(35)50/h5,7,9,14,19-23,25-26,35,44H,3-4,6,8,10-13,15-18,24H2,1-2H3,(H,45,49,50). The number of aromatic nitrogens is 2. The lowest BCUT2D eigenvalue weighted by Crippen LogP contribution is -2.47. The van der Waals surface area contributed by atoms with Crippen molar-refractivity contribution in [1.82, 2.24) is 19.8 Å². The number of carbonyl (C=O) groups excluding carboxylic acids is 2. The van der Waals surface area contributed by atoms with Crippen LogP contribution in [0.3, 0.4) is 0 Å². The van der Waals surface area contributed by atoms with Crippen molar-refractivity contribution in [3.63, 3.8) is 0 Å². The number of methoxy groups -OCH3 is 1. The first-order chi connectivity index (χ1) is 25.2. The van der Waals surface area contributed by atoms with Gasteiger partial charge >= 0.3 is 0 Å². The van der Waals surface area contributed by atoms with Gasteiger partial charge in [-0.05, 0) is 104 Å². The normalized spacial score (nSPS) is 19.2. The van der Waals surface area contributed by atoms with E-state index in [1.165, 1.54) is 17.1 Å². The van der Waals surface area contributed by atoms with E-state index in [9.17, 15) is 14.4 Å². The first-order valence-electron chi connectivity index (χ1n) is 18.3. The van der Waals surface area contributed by atoms with Gasteiger partial charge in [0.15, 0.2) is 0 Å². The maximum Gasteiger partial charge on any atom is 0.259 e. The summed E-state index contributed by atoms with van der Waals surface area (Å²) in [5, 5.41) is 6.59. The smallest absolute Gasteiger partial charge is 0.259 e. The van der Waals surface area contributed by atoms with Gasteiger partial charge in [0.05, 0.1) is 18.2 Å². The molecule has 12 heteroatoms. The van der Waals surface area contributed by atoms with E-state index in [0.717, 1.165) is 69.2 Å². The van der Waals surface area contributed by atoms with E-state index in [1.807, 2.05) is 6.07 Å². The van der Waals surface area contributed by atoms with Crippen molar-refractivity contribution < 1.29 is 23.1 Å². The number of likely N-dealkylation sites (tertiary alicyclic amines) is 1. The molecule has 10 nitrogen and oxygen atoms in total. The average molecular weight is 713 g/mol. The quantitative estimate of drug-likeness (QED) is 0.193. The molecule has 7 rings (SSSR count). The third kappa shape index (κ3) is 7.67. The van der Waals surface area contributed by atoms with E-state index in [-0.39, 0.29) is 35.4 Å². The largest absolute Gasteiger partial charge is 0.496 e. The number of carbonyl (C=O) groups is 2. The minimum Gasteiger partial charge on any atom is -0.496 e. The van der Waals surface area contributed by atoms with Gasteiger partial charge in [0.25, 0.3) is 5.56 Å². The summed E-state index contributed by atoms with van der Waals surface area (Å²) in [5.74, 6) is 0.463. The third-order valence-corrected chi connectivity index (χ3v) is 11.2. The summed E-state index contributed by atoms with van der Waals surface area (Å²) in [6.45, 7) is 3.89. The van der Waals surface area contributed by atoms with Crippen LogP contribution in [0.15, 0.2) is 59.8 Å². The summed E-state index contributed by atoms with van der Waals surface area (Å²) in [6.07, 6.45) is 12.1. The number of pyridine rings is 2. The molecule has 2 N–H and O–H groups in total. The fourth-order valence-corrected chi connectivity index (χ4v) is 8.12. The lowest BCUT2D eigenvalue weighted by Gasteiger charge is -2.36. The highest BCUT2D eigenvalue weighted by Crippen LogP contribution is 2.36. The second-order valence-electron chi connectivity index (χ2n) is 14.6. The predicted molar refractivity (Wildman–Crippen MR) is 197 cm³/mol. The van der Waals surface area contributed by atoms with Crippen molar-refractivity contribution in [3.8, 4) is 16.9 Å². The van der Waals surface area contributed by atoms with Crippen LogP contribution in [0.1, 0.15) is 56.9 Å². The summed E-state index contributed by atoms with van der Waals surface area (Å²) in [7, 11) is 3.25. The van der Waals surface area contributed by atoms with Gasteiger partial charge in [0.2, 0.25) is 11.8 Å². The highest BCUT2D eigenvalue weighted by Gasteiger charge is 2.28. The van der Waals surface area contributed by atoms with Crippen LogP contribution in [0.25, 0.3) is 21.9 Å². The SMILES string of the molecule is COc1cc(-c2cn(C)c(=O)c3cnccc23)cc(F)c1CN1CCC(CCC2CCN(c3ccc(NC4CCC(=O)NC4=O)cc3F)CC2)CC1. The number of nitrogens with zero attached hydrogens (tertiary/aromatic N) is 4. The number of amides is 2. The number of piperidine rings is 3. The summed E-state index contributed by atoms with van der Waals surface area (Å²) < 4.78 is 38.1. The Morgan fingerprint density at radius 2 is 1.63 bits per heavy atom. The fraction of sp³-hybridized carbons (Fsp3) is 0.450. The van der Waals surface area contributed by atoms with Gasteiger partial charge in [0, 0.05) is 68.5 Å². The molecule has 4 aromatic rings. The molecule has 3 fully saturated rings. The van der Waals surface area contributed by atoms with Crippen LogP contribution in [0, 0.1) is 23.5 Å². The third-order valence-electron chi connectivity index (χ3n) is 11.2. The van der Waals surface area contributed by atoms with Gasteiger partial charge in [-0.3, -0.25) is 29.6 Å². The lowest BCUT2D eigenvalue weighted by atomic mass is 9.85. The molecule has 0 saturated carbocycles. The molecule has 3 aliphatic rings. The van der Waals surface area contributed by atoms with Gasteiger partial charge in [-0.25, -0.2) is 8.78 Å². The van der Waals surface area contributed by atoms with Gasteiger partial charge in [0.1, 0.15) is 23.4 Å². The van der Waals surface area contributed by atoms with Crippen molar-refractivity contribution >= 4 is 34.0 Å². The highest BCUT2D eigenvalue weighted by atomic mass is 19.1. The van der Waals surface area contributed by atoms with Gasteiger partial charge in [-0.15, -0.1) is 0 Å². The van der Waals surface area contributed by atoms with Crippen LogP contribution in [-0.2, 0) is 23.2 Å². The van der Waals surface area contributed by atoms with Crippen LogP contribution < -0.4 is 25.8 Å². The summed E-state index contributed by atoms with van der Waals surface area (Å²) in [4.78, 5) is 44.7. The Balaban J connectivity index is 0.883. The molecule has 0 spiro atoms. The molecule has 0 aliphatic carbocycles. The highest BCUT2D eigenvalue weighted by molar-refractivity contribution is 6.01. The van der Waals surface area contributed by atoms with Crippen molar-refractivity contribution in [2.45, 2.75) is 64.0 Å². The van der Waals surface area contributed by atoms with Crippen LogP contribution in [0.5, 0.6) is 5.75 Å². The summed E-state index contributed by atoms with van der Waals surface area (Å²) >= 11 is 0. The molecule has 0 radical (unpaired) electrons. The second kappa shape index (κ2) is 15.4. The van der Waals surface area contributed by atoms with Crippen LogP contribution in [0.2, 0.25) is 0 Å². The van der Waals surface area contributed by atoms with Gasteiger partial charge in [-0.1, -0.05) is 12.8 Å². The number of anilines is 2. The Morgan fingerprint density at radius 1 is 0.904 bits per heavy atom. The van der Waals surface area contributed by atoms with Gasteiger partial charge in [-0.2, -0.15) is 0 Å². The Hall–Kier alpha value is -4.84. The molecule has 5 heterocycles. The maximum atomic E-state index is 15.8. The molecule has 0 bridgehead atoms. The molecule has 274 valence electrons. The Kier molecular flexibility index (Phi) is 10.5. The zero-order chi connectivity index (χ0) is 36.4. The van der Waals surface area contributed by atoms with E-state index in [2.05, 4.69) is 25.4 Å². The molecule has 1 unspecified atom stereocenters. The average Bonchev–Trinajstić information content (AvgIpc) is 3.15. The van der Waals surface area contributed by atoms with E-state index >= 15 is 8.78 Å². The lowest BCUT2D eigenvalue weighted by molar-refractivity contribution is -0.133. The zero-order valence-electron chi connectivity index (χ0n) is 29.8. The Morgan fingerprint density at radius 3 is 2.33 bits per heavy atom. The number of aryl methyl sites for hydroxylation is 1. The van der Waals surface area contributed by atoms with E-state index < -0.39 is 6.04 Å². The minimum atomic E-state index is -0.546. The molecular weight excluding hydrogens is 666 g/mol. The number of imide groups is 1. The fourth-order valence-electron chi connectivity index (χ4n) is 8.12. The van der Waals surface area contributed by atoms with E-state index in [1.54, 1.807) is 57.0 Å². The minimum absolute atomic E-state index is 0.149. The van der Waals surface area contributed by atoms with E-state index in [0.29, 0.717) is 58.4 Å². The zero-order valence-corrected chi connectivity index (χ0v) is 29.8. The number of hydrogen-bond donors (Lipinski definition) is 2. The molecule has 2 amide bonds. The molecule has 2 aromatic heterocycles. The monoisotopic (exact) mass is 712 g/mol. The predicted octanol–water partition coefficient (Wildman–Crippen LogP) is 6.01. The number of fused-ring (bicyclic) bond motifs is 1. The topological polar surface area (TPSA) is 109 Å². The summed E-state index contributed by atoms with van der Waals surface area (Å²) in [6, 6.07) is 9.66.